The van der Waals surface area contributed by atoms with E-state index in [0.717, 1.165) is 30.1 Å². The van der Waals surface area contributed by atoms with Gasteiger partial charge in [-0.15, -0.1) is 5.10 Å². The molecule has 0 N–H and O–H groups in total. The van der Waals surface area contributed by atoms with Crippen molar-refractivity contribution >= 4 is 0 Å². The fraction of sp³-hybridized carbons (Fsp3) is 0.562. The normalized spacial score (nSPS) is 19.4. The molecule has 6 heteroatoms. The van der Waals surface area contributed by atoms with Crippen LogP contribution in [0.3, 0.4) is 0 Å². The van der Waals surface area contributed by atoms with Gasteiger partial charge in [0.2, 0.25) is 5.82 Å². The quantitative estimate of drug-likeness (QED) is 0.747. The van der Waals surface area contributed by atoms with Crippen molar-refractivity contribution < 1.29 is 9.47 Å². The number of nitrogens with zero attached hydrogens (tertiary/aromatic N) is 4. The Hall–Kier alpha value is -1.95. The van der Waals surface area contributed by atoms with Gasteiger partial charge in [-0.05, 0) is 33.5 Å². The van der Waals surface area contributed by atoms with Gasteiger partial charge in [-0.2, -0.15) is 4.68 Å². The summed E-state index contributed by atoms with van der Waals surface area (Å²) in [6, 6.07) is 6.29. The Kier molecular flexibility index (Phi) is 2.81. The van der Waals surface area contributed by atoms with E-state index in [4.69, 9.17) is 9.47 Å². The van der Waals surface area contributed by atoms with Crippen LogP contribution in [-0.4, -0.2) is 33.4 Å². The molecule has 2 aliphatic rings. The molecule has 4 rings (SSSR count). The molecule has 2 aliphatic heterocycles. The molecule has 0 amide bonds. The largest absolute Gasteiger partial charge is 0.477 e. The summed E-state index contributed by atoms with van der Waals surface area (Å²) in [5, 5.41) is 12.3. The Morgan fingerprint density at radius 2 is 1.95 bits per heavy atom. The number of benzene rings is 1. The highest BCUT2D eigenvalue weighted by Crippen LogP contribution is 2.43. The summed E-state index contributed by atoms with van der Waals surface area (Å²) in [7, 11) is 0. The molecule has 0 atom stereocenters. The number of hydrogen-bond donors (Lipinski definition) is 0. The summed E-state index contributed by atoms with van der Waals surface area (Å²) in [5.41, 5.74) is 1.76. The average molecular weight is 300 g/mol. The van der Waals surface area contributed by atoms with E-state index < -0.39 is 5.60 Å². The fourth-order valence-electron chi connectivity index (χ4n) is 3.15. The minimum Gasteiger partial charge on any atom is -0.477 e. The standard InChI is InChI=1S/C16H20N4O2/c1-15(2,3)11-4-5-13-12(10-11)20-14(17-18-19-20)16(22-13)6-8-21-9-7-16/h4-5,10H,6-9H2,1-3H3. The molecule has 22 heavy (non-hydrogen) atoms. The van der Waals surface area contributed by atoms with Crippen molar-refractivity contribution in [3.8, 4) is 11.4 Å². The third kappa shape index (κ3) is 1.94. The molecule has 3 heterocycles. The van der Waals surface area contributed by atoms with Crippen molar-refractivity contribution in [3.05, 3.63) is 29.6 Å². The van der Waals surface area contributed by atoms with Gasteiger partial charge >= 0.3 is 0 Å². The van der Waals surface area contributed by atoms with Gasteiger partial charge < -0.3 is 9.47 Å². The summed E-state index contributed by atoms with van der Waals surface area (Å²) in [6.45, 7) is 7.92. The van der Waals surface area contributed by atoms with E-state index in [9.17, 15) is 0 Å². The Morgan fingerprint density at radius 3 is 2.68 bits per heavy atom. The van der Waals surface area contributed by atoms with Gasteiger partial charge in [0.25, 0.3) is 0 Å². The molecule has 1 aromatic carbocycles. The van der Waals surface area contributed by atoms with Crippen molar-refractivity contribution in [1.29, 1.82) is 0 Å². The summed E-state index contributed by atoms with van der Waals surface area (Å²) >= 11 is 0. The van der Waals surface area contributed by atoms with Crippen molar-refractivity contribution in [3.63, 3.8) is 0 Å². The molecule has 6 nitrogen and oxygen atoms in total. The second-order valence-corrected chi connectivity index (χ2v) is 7.06. The lowest BCUT2D eigenvalue weighted by Crippen LogP contribution is -2.44. The maximum absolute atomic E-state index is 6.37. The average Bonchev–Trinajstić information content (AvgIpc) is 2.98. The number of ether oxygens (including phenoxy) is 2. The number of tetrazole rings is 1. The van der Waals surface area contributed by atoms with Crippen LogP contribution in [0.4, 0.5) is 0 Å². The van der Waals surface area contributed by atoms with E-state index in [2.05, 4.69) is 48.4 Å². The molecule has 1 fully saturated rings. The van der Waals surface area contributed by atoms with Crippen LogP contribution in [0.15, 0.2) is 18.2 Å². The van der Waals surface area contributed by atoms with Crippen LogP contribution in [0.25, 0.3) is 5.69 Å². The van der Waals surface area contributed by atoms with E-state index in [1.807, 2.05) is 10.7 Å². The van der Waals surface area contributed by atoms with Crippen LogP contribution >= 0.6 is 0 Å². The van der Waals surface area contributed by atoms with Crippen molar-refractivity contribution in [1.82, 2.24) is 20.2 Å². The first-order valence-corrected chi connectivity index (χ1v) is 7.70. The number of aromatic nitrogens is 4. The smallest absolute Gasteiger partial charge is 0.200 e. The molecular weight excluding hydrogens is 280 g/mol. The topological polar surface area (TPSA) is 62.1 Å². The summed E-state index contributed by atoms with van der Waals surface area (Å²) in [4.78, 5) is 0. The Morgan fingerprint density at radius 1 is 1.18 bits per heavy atom. The Balaban J connectivity index is 1.86. The Labute approximate surface area is 129 Å². The van der Waals surface area contributed by atoms with Gasteiger partial charge in [-0.25, -0.2) is 0 Å². The molecule has 0 radical (unpaired) electrons. The number of hydrogen-bond acceptors (Lipinski definition) is 5. The van der Waals surface area contributed by atoms with Gasteiger partial charge in [-0.3, -0.25) is 0 Å². The molecule has 0 saturated carbocycles. The SMILES string of the molecule is CC(C)(C)c1ccc2c(c1)-n1nnnc1C1(CCOCC1)O2. The van der Waals surface area contributed by atoms with Gasteiger partial charge in [0.15, 0.2) is 5.60 Å². The lowest BCUT2D eigenvalue weighted by atomic mass is 9.86. The number of rotatable bonds is 0. The van der Waals surface area contributed by atoms with Crippen molar-refractivity contribution in [2.24, 2.45) is 0 Å². The van der Waals surface area contributed by atoms with E-state index in [-0.39, 0.29) is 5.41 Å². The van der Waals surface area contributed by atoms with Crippen LogP contribution < -0.4 is 4.74 Å². The molecular formula is C16H20N4O2. The minimum absolute atomic E-state index is 0.0665. The predicted octanol–water partition coefficient (Wildman–Crippen LogP) is 2.36. The first-order chi connectivity index (χ1) is 10.5. The maximum Gasteiger partial charge on any atom is 0.200 e. The molecule has 0 bridgehead atoms. The van der Waals surface area contributed by atoms with Gasteiger partial charge in [0.05, 0.1) is 13.2 Å². The van der Waals surface area contributed by atoms with Crippen LogP contribution in [0.2, 0.25) is 0 Å². The Bertz CT molecular complexity index is 711. The zero-order chi connectivity index (χ0) is 15.4. The van der Waals surface area contributed by atoms with E-state index in [0.29, 0.717) is 13.2 Å². The fourth-order valence-corrected chi connectivity index (χ4v) is 3.15. The predicted molar refractivity (Wildman–Crippen MR) is 80.2 cm³/mol. The molecule has 2 aromatic rings. The highest BCUT2D eigenvalue weighted by atomic mass is 16.5. The van der Waals surface area contributed by atoms with Crippen LogP contribution in [0.5, 0.6) is 5.75 Å². The molecule has 1 saturated heterocycles. The summed E-state index contributed by atoms with van der Waals surface area (Å²) in [5.74, 6) is 1.63. The zero-order valence-corrected chi connectivity index (χ0v) is 13.2. The van der Waals surface area contributed by atoms with E-state index >= 15 is 0 Å². The van der Waals surface area contributed by atoms with Crippen LogP contribution in [0, 0.1) is 0 Å². The summed E-state index contributed by atoms with van der Waals surface area (Å²) in [6.07, 6.45) is 1.54. The highest BCUT2D eigenvalue weighted by molar-refractivity contribution is 5.52. The third-order valence-electron chi connectivity index (χ3n) is 4.54. The van der Waals surface area contributed by atoms with Crippen LogP contribution in [0.1, 0.15) is 45.0 Å². The summed E-state index contributed by atoms with van der Waals surface area (Å²) < 4.78 is 13.7. The molecule has 0 unspecified atom stereocenters. The van der Waals surface area contributed by atoms with E-state index in [1.54, 1.807) is 0 Å². The van der Waals surface area contributed by atoms with Gasteiger partial charge in [0, 0.05) is 12.8 Å². The number of fused-ring (bicyclic) bond motifs is 4. The van der Waals surface area contributed by atoms with Crippen LogP contribution in [-0.2, 0) is 15.8 Å². The lowest BCUT2D eigenvalue weighted by molar-refractivity contribution is -0.0610. The minimum atomic E-state index is -0.460. The third-order valence-corrected chi connectivity index (χ3v) is 4.54. The van der Waals surface area contributed by atoms with Crippen molar-refractivity contribution in [2.45, 2.75) is 44.6 Å². The van der Waals surface area contributed by atoms with Gasteiger partial charge in [0.1, 0.15) is 11.4 Å². The van der Waals surface area contributed by atoms with E-state index in [1.165, 1.54) is 5.56 Å². The molecule has 116 valence electrons. The molecule has 1 aromatic heterocycles. The second kappa shape index (κ2) is 4.52. The highest BCUT2D eigenvalue weighted by Gasteiger charge is 2.45. The van der Waals surface area contributed by atoms with Crippen molar-refractivity contribution in [2.75, 3.05) is 13.2 Å². The first-order valence-electron chi connectivity index (χ1n) is 7.70. The maximum atomic E-state index is 6.37. The molecule has 0 aliphatic carbocycles. The first kappa shape index (κ1) is 13.7. The monoisotopic (exact) mass is 300 g/mol. The van der Waals surface area contributed by atoms with Gasteiger partial charge in [-0.1, -0.05) is 26.8 Å². The lowest BCUT2D eigenvalue weighted by Gasteiger charge is -2.39. The molecule has 1 spiro atoms. The zero-order valence-electron chi connectivity index (χ0n) is 13.2. The second-order valence-electron chi connectivity index (χ2n) is 7.06.